The van der Waals surface area contributed by atoms with Crippen LogP contribution in [0, 0.1) is 0 Å². The van der Waals surface area contributed by atoms with Crippen molar-refractivity contribution in [2.75, 3.05) is 59.0 Å². The lowest BCUT2D eigenvalue weighted by Crippen LogP contribution is -2.35. The van der Waals surface area contributed by atoms with Gasteiger partial charge in [-0.25, -0.2) is 0 Å². The minimum absolute atomic E-state index is 0. The second-order valence-electron chi connectivity index (χ2n) is 20.7. The average Bonchev–Trinajstić information content (AvgIpc) is 3.35. The molecule has 9 heteroatoms. The van der Waals surface area contributed by atoms with E-state index >= 15 is 0 Å². The van der Waals surface area contributed by atoms with E-state index in [-0.39, 0.29) is 31.8 Å². The highest BCUT2D eigenvalue weighted by Crippen LogP contribution is 2.14. The van der Waals surface area contributed by atoms with E-state index in [1.165, 1.54) is 231 Å². The molecule has 0 aromatic carbocycles. The largest absolute Gasteiger partial charge is 0.396 e. The van der Waals surface area contributed by atoms with Gasteiger partial charge in [0.25, 0.3) is 0 Å². The lowest BCUT2D eigenvalue weighted by Gasteiger charge is -2.22. The first-order valence-electron chi connectivity index (χ1n) is 30.8. The fourth-order valence-electron chi connectivity index (χ4n) is 8.98. The predicted molar refractivity (Wildman–Crippen MR) is 308 cm³/mol. The van der Waals surface area contributed by atoms with Crippen LogP contribution in [0.1, 0.15) is 318 Å². The van der Waals surface area contributed by atoms with Crippen molar-refractivity contribution in [1.82, 2.24) is 26.2 Å². The summed E-state index contributed by atoms with van der Waals surface area (Å²) in [5, 5.41) is 21.7. The number of carbonyl (C=O) groups excluding carboxylic acids is 3. The van der Waals surface area contributed by atoms with Gasteiger partial charge >= 0.3 is 0 Å². The molecule has 9 nitrogen and oxygen atoms in total. The number of aliphatic hydroxyl groups is 1. The number of unbranched alkanes of at least 4 members (excludes halogenated alkanes) is 36. The highest BCUT2D eigenvalue weighted by Gasteiger charge is 2.11. The van der Waals surface area contributed by atoms with Gasteiger partial charge in [0.15, 0.2) is 0 Å². The molecule has 70 heavy (non-hydrogen) atoms. The fourth-order valence-corrected chi connectivity index (χ4v) is 8.98. The molecule has 0 aromatic heterocycles. The van der Waals surface area contributed by atoms with Crippen LogP contribution < -0.4 is 21.3 Å². The Morgan fingerprint density at radius 3 is 0.857 bits per heavy atom. The van der Waals surface area contributed by atoms with Crippen LogP contribution in [0.25, 0.3) is 0 Å². The Bertz CT molecular complexity index is 970. The molecule has 5 N–H and O–H groups in total. The lowest BCUT2D eigenvalue weighted by atomic mass is 10.1. The van der Waals surface area contributed by atoms with Gasteiger partial charge in [0.1, 0.15) is 0 Å². The molecule has 0 fully saturated rings. The predicted octanol–water partition coefficient (Wildman–Crippen LogP) is 16.1. The van der Waals surface area contributed by atoms with Crippen molar-refractivity contribution in [2.45, 2.75) is 318 Å². The molecule has 0 bridgehead atoms. The van der Waals surface area contributed by atoms with Crippen molar-refractivity contribution >= 4 is 17.7 Å². The second kappa shape index (κ2) is 65.3. The number of nitrogens with one attached hydrogen (secondary N) is 4. The van der Waals surface area contributed by atoms with E-state index < -0.39 is 0 Å². The first-order chi connectivity index (χ1) is 33.9. The molecule has 0 radical (unpaired) electrons. The zero-order valence-electron chi connectivity index (χ0n) is 47.1. The van der Waals surface area contributed by atoms with Gasteiger partial charge in [0, 0.05) is 65.1 Å². The molecule has 0 aliphatic carbocycles. The van der Waals surface area contributed by atoms with Crippen molar-refractivity contribution in [1.29, 1.82) is 0 Å². The summed E-state index contributed by atoms with van der Waals surface area (Å²) in [5.74, 6) is 0.416. The number of carbonyl (C=O) groups is 3. The quantitative estimate of drug-likeness (QED) is 0.0387. The summed E-state index contributed by atoms with van der Waals surface area (Å²) in [6, 6.07) is 0. The van der Waals surface area contributed by atoms with Crippen molar-refractivity contribution < 1.29 is 19.5 Å². The molecule has 0 aliphatic heterocycles. The Morgan fingerprint density at radius 1 is 0.300 bits per heavy atom. The molecule has 0 aromatic rings. The molecule has 0 saturated heterocycles. The molecule has 420 valence electrons. The van der Waals surface area contributed by atoms with Crippen molar-refractivity contribution in [3.05, 3.63) is 0 Å². The first kappa shape index (κ1) is 72.5. The Morgan fingerprint density at radius 2 is 0.557 bits per heavy atom. The van der Waals surface area contributed by atoms with Crippen LogP contribution in [0.4, 0.5) is 0 Å². The number of nitrogens with zero attached hydrogens (tertiary/aromatic N) is 1. The maximum atomic E-state index is 12.4. The number of hydrogen-bond acceptors (Lipinski definition) is 6. The monoisotopic (exact) mass is 994 g/mol. The van der Waals surface area contributed by atoms with Crippen LogP contribution in [-0.4, -0.2) is 86.7 Å². The molecular weight excluding hydrogens is 867 g/mol. The van der Waals surface area contributed by atoms with Gasteiger partial charge in [0.2, 0.25) is 17.7 Å². The molecule has 0 spiro atoms. The summed E-state index contributed by atoms with van der Waals surface area (Å²) in [6.45, 7) is 15.6. The fraction of sp³-hybridized carbons (Fsp3) is 0.951. The highest BCUT2D eigenvalue weighted by atomic mass is 16.3. The normalized spacial score (nSPS) is 11.1. The van der Waals surface area contributed by atoms with E-state index in [0.717, 1.165) is 71.4 Å². The minimum atomic E-state index is 0. The van der Waals surface area contributed by atoms with Gasteiger partial charge in [-0.2, -0.15) is 0 Å². The molecule has 0 atom stereocenters. The van der Waals surface area contributed by atoms with Crippen molar-refractivity contribution in [2.24, 2.45) is 0 Å². The number of aliphatic hydroxyl groups excluding tert-OH is 1. The number of hydrogen-bond donors (Lipinski definition) is 5. The molecule has 0 saturated carbocycles. The van der Waals surface area contributed by atoms with Gasteiger partial charge < -0.3 is 31.3 Å². The van der Waals surface area contributed by atoms with E-state index in [0.29, 0.717) is 32.4 Å². The van der Waals surface area contributed by atoms with Crippen molar-refractivity contribution in [3.63, 3.8) is 0 Å². The van der Waals surface area contributed by atoms with Gasteiger partial charge in [-0.15, -0.1) is 0 Å². The summed E-state index contributed by atoms with van der Waals surface area (Å²) in [4.78, 5) is 38.7. The van der Waals surface area contributed by atoms with Crippen LogP contribution in [0.2, 0.25) is 0 Å². The Hall–Kier alpha value is -1.71. The number of rotatable bonds is 56. The van der Waals surface area contributed by atoms with Gasteiger partial charge in [-0.1, -0.05) is 260 Å². The summed E-state index contributed by atoms with van der Waals surface area (Å²) < 4.78 is 0. The summed E-state index contributed by atoms with van der Waals surface area (Å²) in [7, 11) is 0. The summed E-state index contributed by atoms with van der Waals surface area (Å²) in [6.07, 6.45) is 55.0. The van der Waals surface area contributed by atoms with E-state index in [4.69, 9.17) is 5.11 Å². The maximum absolute atomic E-state index is 12.4. The van der Waals surface area contributed by atoms with Gasteiger partial charge in [-0.3, -0.25) is 14.4 Å². The average molecular weight is 995 g/mol. The Balaban J connectivity index is -0.00000147. The van der Waals surface area contributed by atoms with Gasteiger partial charge in [-0.05, 0) is 51.6 Å². The second-order valence-corrected chi connectivity index (χ2v) is 20.7. The lowest BCUT2D eigenvalue weighted by molar-refractivity contribution is -0.122. The zero-order chi connectivity index (χ0) is 50.6. The van der Waals surface area contributed by atoms with Gasteiger partial charge in [0.05, 0.1) is 0 Å². The topological polar surface area (TPSA) is 123 Å². The molecule has 0 heterocycles. The summed E-state index contributed by atoms with van der Waals surface area (Å²) >= 11 is 0. The molecule has 0 aliphatic rings. The maximum Gasteiger partial charge on any atom is 0.221 e. The third kappa shape index (κ3) is 64.3. The van der Waals surface area contributed by atoms with E-state index in [1.807, 2.05) is 0 Å². The first-order valence-corrected chi connectivity index (χ1v) is 30.8. The van der Waals surface area contributed by atoms with Crippen LogP contribution >= 0.6 is 0 Å². The highest BCUT2D eigenvalue weighted by molar-refractivity contribution is 5.77. The molecular formula is C61H127N5O4. The smallest absolute Gasteiger partial charge is 0.221 e. The molecule has 0 rings (SSSR count). The van der Waals surface area contributed by atoms with E-state index in [1.54, 1.807) is 0 Å². The van der Waals surface area contributed by atoms with Crippen molar-refractivity contribution in [3.8, 4) is 0 Å². The SMILES string of the molecule is C.CCCCCCCCCCCCCCNC(=O)CCN(CCCCO)CCC(=O)NCCCCCCCCCCCCCC.CCCCCCCCCCCCCCNC(=O)CCNCCCCC. The van der Waals surface area contributed by atoms with Crippen LogP contribution in [0.5, 0.6) is 0 Å². The Labute approximate surface area is 438 Å². The van der Waals surface area contributed by atoms with E-state index in [2.05, 4.69) is 53.9 Å². The van der Waals surface area contributed by atoms with Crippen LogP contribution in [0.15, 0.2) is 0 Å². The Kier molecular flexibility index (Phi) is 67.7. The number of amides is 3. The van der Waals surface area contributed by atoms with Crippen LogP contribution in [-0.2, 0) is 14.4 Å². The third-order valence-electron chi connectivity index (χ3n) is 13.7. The van der Waals surface area contributed by atoms with E-state index in [9.17, 15) is 14.4 Å². The third-order valence-corrected chi connectivity index (χ3v) is 13.7. The molecule has 3 amide bonds. The molecule has 0 unspecified atom stereocenters. The zero-order valence-corrected chi connectivity index (χ0v) is 47.1. The van der Waals surface area contributed by atoms with Crippen LogP contribution in [0.3, 0.4) is 0 Å². The minimum Gasteiger partial charge on any atom is -0.396 e. The summed E-state index contributed by atoms with van der Waals surface area (Å²) in [5.41, 5.74) is 0. The standard InChI is InChI=1S/C38H77N3O3.C22H46N2O.CH4/c1-3-5-7-9-11-13-15-17-19-21-23-25-31-39-37(43)29-34-41(33-27-28-36-42)35-30-38(44)40-32-26-24-22-20-18-16-14-12-10-8-6-4-2;1-3-5-7-8-9-10-11-12-13-14-15-17-20-24-22(25)18-21-23-19-16-6-4-2;/h42H,3-36H2,1-2H3,(H,39,43)(H,40,44);23H,3-21H2,1-2H3,(H,24,25);1H4.